The van der Waals surface area contributed by atoms with Crippen LogP contribution >= 0.6 is 0 Å². The minimum atomic E-state index is -0.772. The smallest absolute Gasteiger partial charge is 0.341 e. The molecule has 0 radical (unpaired) electrons. The predicted octanol–water partition coefficient (Wildman–Crippen LogP) is 9.71. The summed E-state index contributed by atoms with van der Waals surface area (Å²) in [6, 6.07) is 41.9. The summed E-state index contributed by atoms with van der Waals surface area (Å²) in [5, 5.41) is 18.7. The van der Waals surface area contributed by atoms with Crippen LogP contribution in [0.15, 0.2) is 170 Å². The van der Waals surface area contributed by atoms with Crippen LogP contribution in [0.2, 0.25) is 0 Å². The van der Waals surface area contributed by atoms with Crippen LogP contribution in [0, 0.1) is 31.1 Å². The Kier molecular flexibility index (Phi) is 17.5. The number of ether oxygens (including phenoxy) is 6. The molecule has 61 heavy (non-hydrogen) atoms. The fraction of sp³-hybridized carbons (Fsp3) is 0.0833. The first-order valence-corrected chi connectivity index (χ1v) is 18.2. The van der Waals surface area contributed by atoms with Crippen molar-refractivity contribution in [3.8, 4) is 56.8 Å². The topological polar surface area (TPSA) is 164 Å². The molecule has 0 amide bonds. The van der Waals surface area contributed by atoms with Crippen molar-refractivity contribution >= 4 is 23.9 Å². The zero-order valence-electron chi connectivity index (χ0n) is 33.2. The van der Waals surface area contributed by atoms with Crippen LogP contribution in [0.5, 0.6) is 34.5 Å². The molecule has 0 unspecified atom stereocenters. The monoisotopic (exact) mass is 1050 g/mol. The van der Waals surface area contributed by atoms with Crippen molar-refractivity contribution in [3.63, 3.8) is 0 Å². The average Bonchev–Trinajstić information content (AvgIpc) is 3.24. The number of phenols is 2. The molecule has 0 aromatic heterocycles. The van der Waals surface area contributed by atoms with Gasteiger partial charge in [-0.05, 0) is 84.6 Å². The number of phenolic OH excluding ortho intramolecular Hbond substituents is 2. The van der Waals surface area contributed by atoms with Crippen molar-refractivity contribution in [2.75, 3.05) is 13.6 Å². The second-order valence-corrected chi connectivity index (χ2v) is 12.9. The van der Waals surface area contributed by atoms with Gasteiger partial charge in [-0.15, -0.1) is 0 Å². The molecule has 12 nitrogen and oxygen atoms in total. The van der Waals surface area contributed by atoms with Crippen LogP contribution in [0.4, 0.5) is 0 Å². The summed E-state index contributed by atoms with van der Waals surface area (Å²) in [6.07, 6.45) is 0. The second kappa shape index (κ2) is 22.9. The van der Waals surface area contributed by atoms with E-state index in [0.717, 1.165) is 28.3 Å². The van der Waals surface area contributed by atoms with Gasteiger partial charge >= 0.3 is 23.9 Å². The van der Waals surface area contributed by atoms with Gasteiger partial charge in [0.1, 0.15) is 34.5 Å². The maximum Gasteiger partial charge on any atom is 0.341 e. The van der Waals surface area contributed by atoms with Gasteiger partial charge in [0, 0.05) is 55.8 Å². The summed E-state index contributed by atoms with van der Waals surface area (Å²) in [4.78, 5) is 48.3. The molecular weight excluding hydrogens is 1010 g/mol. The molecule has 6 aromatic carbocycles. The Hall–Kier alpha value is -7.07. The molecule has 0 atom stereocenters. The predicted molar refractivity (Wildman–Crippen MR) is 225 cm³/mol. The van der Waals surface area contributed by atoms with Crippen LogP contribution in [0.25, 0.3) is 22.3 Å². The molecule has 0 bridgehead atoms. The van der Waals surface area contributed by atoms with Gasteiger partial charge < -0.3 is 38.6 Å². The maximum absolute atomic E-state index is 12.6. The zero-order valence-corrected chi connectivity index (χ0v) is 37.3. The van der Waals surface area contributed by atoms with Crippen molar-refractivity contribution in [1.82, 2.24) is 0 Å². The fourth-order valence-electron chi connectivity index (χ4n) is 5.13. The van der Waals surface area contributed by atoms with E-state index in [1.54, 1.807) is 24.3 Å². The van der Waals surface area contributed by atoms with Crippen LogP contribution in [-0.2, 0) is 19.1 Å². The number of aromatic hydroxyl groups is 2. The van der Waals surface area contributed by atoms with Crippen molar-refractivity contribution in [2.24, 2.45) is 0 Å². The Morgan fingerprint density at radius 3 is 1.18 bits per heavy atom. The van der Waals surface area contributed by atoms with E-state index in [2.05, 4.69) is 13.2 Å². The standard InChI is InChI=1S/C28H24O7.C20H16O5.U.H2/c1-18(2)26(29)34-24-14-22(15-25(16-24)35-27(30)19(3)4)28(31)33-17-32-23-12-10-21(11-13-23)20-8-6-5-7-9-20;21-17-10-16(11-18(22)12-17)20(23)25-13-24-19-8-6-15(7-9-19)14-4-2-1-3-5-14;;/h5-16H,1,3,17H2,2,4H3;1-12,21-22H,13H2;;1H/i;;;1+2. The van der Waals surface area contributed by atoms with E-state index in [1.807, 2.05) is 84.9 Å². The molecule has 0 fully saturated rings. The molecule has 0 saturated heterocycles. The van der Waals surface area contributed by atoms with Gasteiger partial charge in [-0.25, -0.2) is 19.2 Å². The first-order chi connectivity index (χ1) is 28.8. The van der Waals surface area contributed by atoms with Crippen LogP contribution in [0.3, 0.4) is 0 Å². The van der Waals surface area contributed by atoms with Crippen LogP contribution in [0.1, 0.15) is 36.0 Å². The molecule has 0 heterocycles. The quantitative estimate of drug-likeness (QED) is 0.0460. The third-order valence-corrected chi connectivity index (χ3v) is 8.13. The zero-order chi connectivity index (χ0) is 43.0. The number of rotatable bonds is 14. The first-order valence-electron chi connectivity index (χ1n) is 18.2. The summed E-state index contributed by atoms with van der Waals surface area (Å²) >= 11 is 0. The number of carbonyl (C=O) groups is 4. The molecule has 0 aliphatic carbocycles. The van der Waals surface area contributed by atoms with Crippen molar-refractivity contribution in [1.29, 1.82) is 0 Å². The molecule has 2 N–H and O–H groups in total. The molecule has 0 spiro atoms. The summed E-state index contributed by atoms with van der Waals surface area (Å²) in [6.45, 7) is 9.35. The van der Waals surface area contributed by atoms with Crippen molar-refractivity contribution in [2.45, 2.75) is 13.8 Å². The Labute approximate surface area is 377 Å². The molecule has 6 rings (SSSR count). The molecule has 310 valence electrons. The number of carbonyl (C=O) groups excluding carboxylic acids is 4. The van der Waals surface area contributed by atoms with Gasteiger partial charge in [-0.1, -0.05) is 98.1 Å². The van der Waals surface area contributed by atoms with Gasteiger partial charge in [-0.3, -0.25) is 0 Å². The van der Waals surface area contributed by atoms with E-state index in [9.17, 15) is 29.4 Å². The minimum Gasteiger partial charge on any atom is -0.508 e. The van der Waals surface area contributed by atoms with Crippen molar-refractivity contribution in [3.05, 3.63) is 181 Å². The number of hydrogen-bond acceptors (Lipinski definition) is 12. The average molecular weight is 1050 g/mol. The van der Waals surface area contributed by atoms with E-state index in [0.29, 0.717) is 11.5 Å². The third-order valence-electron chi connectivity index (χ3n) is 8.13. The SMILES string of the molecule is C=C(C)C(=O)Oc1cc(OC(=O)C(=C)C)cc(C(=O)OCOc2ccc(-c3ccccc3)cc2)c1.O=C(OCOc1ccc(-c2ccccc2)cc1)c1cc(O)cc(O)c1.[3HH].[U]. The Bertz CT molecular complexity index is 2410. The minimum absolute atomic E-state index is 0. The normalized spacial score (nSPS) is 10.0. The number of benzene rings is 6. The summed E-state index contributed by atoms with van der Waals surface area (Å²) in [7, 11) is 0. The first kappa shape index (κ1) is 46.6. The van der Waals surface area contributed by atoms with Gasteiger partial charge in [0.25, 0.3) is 0 Å². The molecule has 0 aliphatic rings. The number of esters is 4. The second-order valence-electron chi connectivity index (χ2n) is 12.9. The summed E-state index contributed by atoms with van der Waals surface area (Å²) in [5.74, 6) is -2.27. The van der Waals surface area contributed by atoms with E-state index in [1.165, 1.54) is 44.2 Å². The summed E-state index contributed by atoms with van der Waals surface area (Å²) in [5.41, 5.74) is 4.60. The Balaban J connectivity index is 0.000000336. The van der Waals surface area contributed by atoms with Gasteiger partial charge in [0.05, 0.1) is 11.1 Å². The van der Waals surface area contributed by atoms with Crippen LogP contribution in [-0.4, -0.2) is 47.7 Å². The van der Waals surface area contributed by atoms with Gasteiger partial charge in [0.2, 0.25) is 13.6 Å². The molecule has 0 aliphatic heterocycles. The van der Waals surface area contributed by atoms with Crippen molar-refractivity contribution < 1.29 is 90.4 Å². The largest absolute Gasteiger partial charge is 0.508 e. The third kappa shape index (κ3) is 14.6. The van der Waals surface area contributed by atoms with E-state index >= 15 is 0 Å². The molecular formula is C48H42O12U. The number of hydrogen-bond donors (Lipinski definition) is 2. The van der Waals surface area contributed by atoms with E-state index in [4.69, 9.17) is 28.4 Å². The van der Waals surface area contributed by atoms with E-state index < -0.39 is 23.9 Å². The molecule has 0 saturated carbocycles. The summed E-state index contributed by atoms with van der Waals surface area (Å²) < 4.78 is 31.4. The molecule has 6 aromatic rings. The fourth-order valence-corrected chi connectivity index (χ4v) is 5.13. The van der Waals surface area contributed by atoms with E-state index in [-0.39, 0.29) is 91.4 Å². The van der Waals surface area contributed by atoms with Crippen LogP contribution < -0.4 is 18.9 Å². The molecule has 13 heteroatoms. The Morgan fingerprint density at radius 2 is 0.820 bits per heavy atom. The van der Waals surface area contributed by atoms with Gasteiger partial charge in [0.15, 0.2) is 0 Å². The Morgan fingerprint density at radius 1 is 0.475 bits per heavy atom. The van der Waals surface area contributed by atoms with Gasteiger partial charge in [-0.2, -0.15) is 0 Å². The maximum atomic E-state index is 12.6.